The zero-order valence-electron chi connectivity index (χ0n) is 7.98. The fourth-order valence-electron chi connectivity index (χ4n) is 1.15. The number of hydrogen-bond donors (Lipinski definition) is 1. The van der Waals surface area contributed by atoms with Crippen LogP contribution in [0.1, 0.15) is 5.56 Å². The third-order valence-corrected chi connectivity index (χ3v) is 2.37. The summed E-state index contributed by atoms with van der Waals surface area (Å²) in [5, 5.41) is 9.36. The molecular weight excluding hydrogens is 268 g/mol. The van der Waals surface area contributed by atoms with E-state index in [1.165, 1.54) is 6.07 Å². The highest BCUT2D eigenvalue weighted by atomic mass is 35.5. The van der Waals surface area contributed by atoms with Crippen LogP contribution in [0.2, 0.25) is 10.0 Å². The monoisotopic (exact) mass is 274 g/mol. The fourth-order valence-corrected chi connectivity index (χ4v) is 1.67. The van der Waals surface area contributed by atoms with E-state index in [4.69, 9.17) is 23.2 Å². The van der Waals surface area contributed by atoms with E-state index in [1.54, 1.807) is 0 Å². The van der Waals surface area contributed by atoms with Gasteiger partial charge in [-0.3, -0.25) is 0 Å². The molecule has 90 valence electrons. The van der Waals surface area contributed by atoms with Crippen molar-refractivity contribution in [3.63, 3.8) is 0 Å². The Morgan fingerprint density at radius 3 is 1.88 bits per heavy atom. The first-order valence-electron chi connectivity index (χ1n) is 4.01. The lowest BCUT2D eigenvalue weighted by atomic mass is 10.1. The molecule has 1 N–H and O–H groups in total. The number of alkyl halides is 3. The molecule has 1 aromatic rings. The third kappa shape index (κ3) is 2.43. The van der Waals surface area contributed by atoms with Gasteiger partial charge in [0, 0.05) is 22.7 Å². The van der Waals surface area contributed by atoms with Gasteiger partial charge in [-0.2, -0.15) is 13.2 Å². The molecule has 0 spiro atoms. The van der Waals surface area contributed by atoms with Gasteiger partial charge in [-0.05, 0) is 18.2 Å². The van der Waals surface area contributed by atoms with Crippen LogP contribution in [0, 0.1) is 0 Å². The van der Waals surface area contributed by atoms with E-state index in [2.05, 4.69) is 4.74 Å². The number of aliphatic hydroxyl groups is 1. The predicted molar refractivity (Wildman–Crippen MR) is 53.4 cm³/mol. The van der Waals surface area contributed by atoms with Crippen LogP contribution in [0.5, 0.6) is 0 Å². The molecule has 0 amide bonds. The number of ether oxygens (including phenoxy) is 1. The molecule has 1 aromatic carbocycles. The van der Waals surface area contributed by atoms with Gasteiger partial charge in [0.15, 0.2) is 0 Å². The predicted octanol–water partition coefficient (Wildman–Crippen LogP) is 3.35. The van der Waals surface area contributed by atoms with Gasteiger partial charge in [-0.15, -0.1) is 0 Å². The van der Waals surface area contributed by atoms with Crippen LogP contribution in [0.15, 0.2) is 18.2 Å². The molecule has 0 saturated heterocycles. The molecule has 0 aliphatic carbocycles. The highest BCUT2D eigenvalue weighted by molar-refractivity contribution is 6.34. The van der Waals surface area contributed by atoms with Crippen molar-refractivity contribution < 1.29 is 23.0 Å². The molecule has 0 aliphatic rings. The summed E-state index contributed by atoms with van der Waals surface area (Å²) in [5.41, 5.74) is -0.569. The summed E-state index contributed by atoms with van der Waals surface area (Å²) < 4.78 is 41.9. The minimum atomic E-state index is -4.99. The van der Waals surface area contributed by atoms with Crippen molar-refractivity contribution in [2.75, 3.05) is 7.11 Å². The van der Waals surface area contributed by atoms with Crippen LogP contribution in [0.3, 0.4) is 0 Å². The second-order valence-corrected chi connectivity index (χ2v) is 3.88. The summed E-state index contributed by atoms with van der Waals surface area (Å²) in [7, 11) is 0.738. The molecule has 7 heteroatoms. The molecule has 0 radical (unpaired) electrons. The zero-order valence-corrected chi connectivity index (χ0v) is 9.49. The van der Waals surface area contributed by atoms with Gasteiger partial charge in [-0.25, -0.2) is 0 Å². The topological polar surface area (TPSA) is 29.5 Å². The lowest BCUT2D eigenvalue weighted by Crippen LogP contribution is -2.43. The summed E-state index contributed by atoms with van der Waals surface area (Å²) >= 11 is 11.1. The second kappa shape index (κ2) is 4.41. The van der Waals surface area contributed by atoms with Crippen molar-refractivity contribution in [2.24, 2.45) is 0 Å². The Kier molecular flexibility index (Phi) is 3.74. The Balaban J connectivity index is 3.34. The lowest BCUT2D eigenvalue weighted by molar-refractivity contribution is -0.367. The van der Waals surface area contributed by atoms with Gasteiger partial charge in [0.2, 0.25) is 0 Å². The van der Waals surface area contributed by atoms with Crippen molar-refractivity contribution in [1.82, 2.24) is 0 Å². The number of halogens is 5. The van der Waals surface area contributed by atoms with E-state index < -0.39 is 17.5 Å². The average molecular weight is 275 g/mol. The molecule has 16 heavy (non-hydrogen) atoms. The van der Waals surface area contributed by atoms with Crippen molar-refractivity contribution in [3.8, 4) is 0 Å². The van der Waals surface area contributed by atoms with Crippen LogP contribution in [-0.2, 0) is 10.5 Å². The van der Waals surface area contributed by atoms with Gasteiger partial charge in [0.25, 0.3) is 5.79 Å². The Morgan fingerprint density at radius 2 is 1.56 bits per heavy atom. The van der Waals surface area contributed by atoms with Crippen molar-refractivity contribution >= 4 is 23.2 Å². The molecule has 1 atom stereocenters. The van der Waals surface area contributed by atoms with E-state index in [0.29, 0.717) is 0 Å². The van der Waals surface area contributed by atoms with Gasteiger partial charge in [0.1, 0.15) is 0 Å². The summed E-state index contributed by atoms with van der Waals surface area (Å²) in [4.78, 5) is 0. The first kappa shape index (κ1) is 13.6. The standard InChI is InChI=1S/C9H7Cl2F3O2/c1-16-8(15,9(12,13)14)5-2-6(10)4-7(11)3-5/h2-4,15H,1H3. The third-order valence-electron chi connectivity index (χ3n) is 1.93. The first-order chi connectivity index (χ1) is 7.20. The Bertz CT molecular complexity index is 375. The molecule has 0 saturated carbocycles. The van der Waals surface area contributed by atoms with E-state index >= 15 is 0 Å². The molecule has 1 rings (SSSR count). The SMILES string of the molecule is COC(O)(c1cc(Cl)cc(Cl)c1)C(F)(F)F. The molecule has 0 aliphatic heterocycles. The van der Waals surface area contributed by atoms with E-state index in [-0.39, 0.29) is 10.0 Å². The largest absolute Gasteiger partial charge is 0.448 e. The van der Waals surface area contributed by atoms with E-state index in [0.717, 1.165) is 19.2 Å². The maximum absolute atomic E-state index is 12.6. The van der Waals surface area contributed by atoms with E-state index in [9.17, 15) is 18.3 Å². The number of rotatable bonds is 2. The molecule has 1 unspecified atom stereocenters. The molecule has 0 heterocycles. The van der Waals surface area contributed by atoms with Gasteiger partial charge in [0.05, 0.1) is 0 Å². The molecular formula is C9H7Cl2F3O2. The molecule has 2 nitrogen and oxygen atoms in total. The van der Waals surface area contributed by atoms with E-state index in [1.807, 2.05) is 0 Å². The number of methoxy groups -OCH3 is 1. The van der Waals surface area contributed by atoms with Crippen molar-refractivity contribution in [3.05, 3.63) is 33.8 Å². The van der Waals surface area contributed by atoms with Gasteiger partial charge >= 0.3 is 6.18 Å². The summed E-state index contributed by atoms with van der Waals surface area (Å²) in [6.07, 6.45) is -4.99. The minimum Gasteiger partial charge on any atom is -0.355 e. The number of benzene rings is 1. The Morgan fingerprint density at radius 1 is 1.12 bits per heavy atom. The fraction of sp³-hybridized carbons (Fsp3) is 0.333. The maximum atomic E-state index is 12.6. The smallest absolute Gasteiger partial charge is 0.355 e. The Hall–Kier alpha value is -0.490. The first-order valence-corrected chi connectivity index (χ1v) is 4.77. The summed E-state index contributed by atoms with van der Waals surface area (Å²) in [6, 6.07) is 3.12. The normalized spacial score (nSPS) is 15.9. The second-order valence-electron chi connectivity index (χ2n) is 3.00. The molecule has 0 aromatic heterocycles. The van der Waals surface area contributed by atoms with Crippen molar-refractivity contribution in [1.29, 1.82) is 0 Å². The van der Waals surface area contributed by atoms with Crippen LogP contribution in [-0.4, -0.2) is 18.4 Å². The summed E-state index contributed by atoms with van der Waals surface area (Å²) in [6.45, 7) is 0. The highest BCUT2D eigenvalue weighted by Crippen LogP contribution is 2.40. The van der Waals surface area contributed by atoms with Crippen LogP contribution in [0.4, 0.5) is 13.2 Å². The highest BCUT2D eigenvalue weighted by Gasteiger charge is 2.56. The molecule has 0 fully saturated rings. The van der Waals surface area contributed by atoms with Crippen LogP contribution in [0.25, 0.3) is 0 Å². The van der Waals surface area contributed by atoms with Crippen LogP contribution >= 0.6 is 23.2 Å². The van der Waals surface area contributed by atoms with Crippen molar-refractivity contribution in [2.45, 2.75) is 12.0 Å². The van der Waals surface area contributed by atoms with Crippen LogP contribution < -0.4 is 0 Å². The van der Waals surface area contributed by atoms with Gasteiger partial charge < -0.3 is 9.84 Å². The Labute approximate surface area is 99.5 Å². The quantitative estimate of drug-likeness (QED) is 0.839. The average Bonchev–Trinajstić information content (AvgIpc) is 2.13. The maximum Gasteiger partial charge on any atom is 0.448 e. The zero-order chi connectivity index (χ0) is 12.6. The molecule has 0 bridgehead atoms. The minimum absolute atomic E-state index is 0.0257. The lowest BCUT2D eigenvalue weighted by Gasteiger charge is -2.29. The van der Waals surface area contributed by atoms with Gasteiger partial charge in [-0.1, -0.05) is 23.2 Å². The summed E-state index contributed by atoms with van der Waals surface area (Å²) in [5.74, 6) is -3.42. The number of hydrogen-bond acceptors (Lipinski definition) is 2.